The van der Waals surface area contributed by atoms with Crippen molar-refractivity contribution in [2.45, 2.75) is 32.9 Å². The molecule has 1 aromatic heterocycles. The fraction of sp³-hybridized carbons (Fsp3) is 0.276. The van der Waals surface area contributed by atoms with E-state index in [2.05, 4.69) is 20.9 Å². The molecule has 0 spiro atoms. The molecule has 3 amide bonds. The molecule has 198 valence electrons. The summed E-state index contributed by atoms with van der Waals surface area (Å²) in [7, 11) is 0. The first-order valence-corrected chi connectivity index (χ1v) is 12.4. The summed E-state index contributed by atoms with van der Waals surface area (Å²) in [5.74, 6) is -1.44. The molecule has 0 aliphatic heterocycles. The van der Waals surface area contributed by atoms with Gasteiger partial charge in [0.2, 0.25) is 11.8 Å². The predicted octanol–water partition coefficient (Wildman–Crippen LogP) is 3.04. The van der Waals surface area contributed by atoms with Crippen LogP contribution in [0.4, 0.5) is 4.79 Å². The maximum Gasteiger partial charge on any atom is 0.408 e. The van der Waals surface area contributed by atoms with Gasteiger partial charge in [0, 0.05) is 11.8 Å². The van der Waals surface area contributed by atoms with E-state index in [4.69, 9.17) is 4.74 Å². The lowest BCUT2D eigenvalue weighted by Gasteiger charge is -2.21. The normalized spacial score (nSPS) is 11.3. The van der Waals surface area contributed by atoms with Crippen molar-refractivity contribution in [3.63, 3.8) is 0 Å². The first-order valence-electron chi connectivity index (χ1n) is 12.4. The molecule has 2 aromatic carbocycles. The number of nitrogens with zero attached hydrogens (tertiary/aromatic N) is 1. The number of ketones is 1. The van der Waals surface area contributed by atoms with Crippen LogP contribution in [0.5, 0.6) is 0 Å². The van der Waals surface area contributed by atoms with Crippen molar-refractivity contribution in [2.75, 3.05) is 13.1 Å². The number of alkyl carbamates (subject to hydrolysis) is 1. The molecule has 1 atom stereocenters. The summed E-state index contributed by atoms with van der Waals surface area (Å²) in [4.78, 5) is 53.7. The van der Waals surface area contributed by atoms with Crippen molar-refractivity contribution in [2.24, 2.45) is 5.92 Å². The summed E-state index contributed by atoms with van der Waals surface area (Å²) in [5, 5.41) is 7.66. The van der Waals surface area contributed by atoms with E-state index in [1.165, 1.54) is 0 Å². The largest absolute Gasteiger partial charge is 0.445 e. The highest BCUT2D eigenvalue weighted by molar-refractivity contribution is 5.92. The monoisotopic (exact) mass is 516 g/mol. The smallest absolute Gasteiger partial charge is 0.408 e. The molecule has 38 heavy (non-hydrogen) atoms. The molecule has 0 fully saturated rings. The van der Waals surface area contributed by atoms with Gasteiger partial charge in [0.05, 0.1) is 25.2 Å². The second-order valence-corrected chi connectivity index (χ2v) is 9.05. The zero-order chi connectivity index (χ0) is 27.3. The van der Waals surface area contributed by atoms with Crippen LogP contribution in [0, 0.1) is 5.92 Å². The summed E-state index contributed by atoms with van der Waals surface area (Å²) in [6.07, 6.45) is 1.08. The number of hydrogen-bond acceptors (Lipinski definition) is 6. The van der Waals surface area contributed by atoms with E-state index in [9.17, 15) is 19.2 Å². The molecule has 0 saturated heterocycles. The third-order valence-electron chi connectivity index (χ3n) is 5.63. The number of Topliss-reactive ketones (excluding diaryl/α,β-unsaturated/α-hetero) is 1. The third-order valence-corrected chi connectivity index (χ3v) is 5.63. The highest BCUT2D eigenvalue weighted by Crippen LogP contribution is 2.18. The Hall–Kier alpha value is -4.53. The van der Waals surface area contributed by atoms with E-state index in [1.54, 1.807) is 20.0 Å². The van der Waals surface area contributed by atoms with E-state index in [1.807, 2.05) is 72.8 Å². The van der Waals surface area contributed by atoms with Crippen LogP contribution in [0.2, 0.25) is 0 Å². The first-order chi connectivity index (χ1) is 18.3. The highest BCUT2D eigenvalue weighted by Gasteiger charge is 2.25. The zero-order valence-corrected chi connectivity index (χ0v) is 21.5. The van der Waals surface area contributed by atoms with Crippen molar-refractivity contribution < 1.29 is 23.9 Å². The minimum atomic E-state index is -0.882. The molecular formula is C29H32N4O5. The molecular weight excluding hydrogens is 484 g/mol. The van der Waals surface area contributed by atoms with Gasteiger partial charge in [-0.25, -0.2) is 4.79 Å². The van der Waals surface area contributed by atoms with Gasteiger partial charge in [-0.2, -0.15) is 0 Å². The average Bonchev–Trinajstić information content (AvgIpc) is 2.93. The van der Waals surface area contributed by atoms with E-state index < -0.39 is 18.0 Å². The van der Waals surface area contributed by atoms with E-state index in [0.717, 1.165) is 22.4 Å². The summed E-state index contributed by atoms with van der Waals surface area (Å²) < 4.78 is 5.18. The second kappa shape index (κ2) is 14.3. The lowest BCUT2D eigenvalue weighted by Crippen LogP contribution is -2.51. The predicted molar refractivity (Wildman–Crippen MR) is 143 cm³/mol. The van der Waals surface area contributed by atoms with Crippen LogP contribution < -0.4 is 16.0 Å². The fourth-order valence-corrected chi connectivity index (χ4v) is 3.60. The van der Waals surface area contributed by atoms with E-state index in [-0.39, 0.29) is 43.7 Å². The Morgan fingerprint density at radius 1 is 0.842 bits per heavy atom. The minimum Gasteiger partial charge on any atom is -0.445 e. The molecule has 9 heteroatoms. The van der Waals surface area contributed by atoms with Crippen molar-refractivity contribution in [1.29, 1.82) is 0 Å². The second-order valence-electron chi connectivity index (χ2n) is 9.05. The molecule has 0 aliphatic carbocycles. The van der Waals surface area contributed by atoms with Crippen LogP contribution in [-0.4, -0.2) is 47.8 Å². The Morgan fingerprint density at radius 2 is 1.55 bits per heavy atom. The number of pyridine rings is 1. The SMILES string of the molecule is CC(C)[C@H](NC(=O)OCc1ccccc1)C(=O)NCC(=O)CNC(=O)Cc1cccc(-c2ccccn2)c1. The van der Waals surface area contributed by atoms with E-state index >= 15 is 0 Å². The summed E-state index contributed by atoms with van der Waals surface area (Å²) >= 11 is 0. The van der Waals surface area contributed by atoms with Crippen LogP contribution in [-0.2, 0) is 32.1 Å². The van der Waals surface area contributed by atoms with Gasteiger partial charge in [-0.15, -0.1) is 0 Å². The molecule has 3 rings (SSSR count). The molecule has 0 saturated carbocycles. The van der Waals surface area contributed by atoms with Crippen molar-refractivity contribution >= 4 is 23.7 Å². The number of aromatic nitrogens is 1. The molecule has 0 unspecified atom stereocenters. The molecule has 0 bridgehead atoms. The Bertz CT molecular complexity index is 1230. The minimum absolute atomic E-state index is 0.0741. The number of hydrogen-bond donors (Lipinski definition) is 3. The standard InChI is InChI=1S/C29H32N4O5/c1-20(2)27(33-29(37)38-19-21-9-4-3-5-10-21)28(36)32-18-24(34)17-31-26(35)16-22-11-8-12-23(15-22)25-13-6-7-14-30-25/h3-15,20,27H,16-19H2,1-2H3,(H,31,35)(H,32,36)(H,33,37)/t27-/m0/s1. The molecule has 0 radical (unpaired) electrons. The Kier molecular flexibility index (Phi) is 10.5. The topological polar surface area (TPSA) is 126 Å². The Balaban J connectivity index is 1.40. The molecule has 9 nitrogen and oxygen atoms in total. The van der Waals surface area contributed by atoms with E-state index in [0.29, 0.717) is 0 Å². The average molecular weight is 517 g/mol. The summed E-state index contributed by atoms with van der Waals surface area (Å²) in [6, 6.07) is 21.4. The molecule has 3 N–H and O–H groups in total. The van der Waals surface area contributed by atoms with Gasteiger partial charge in [0.25, 0.3) is 0 Å². The van der Waals surface area contributed by atoms with Crippen LogP contribution >= 0.6 is 0 Å². The maximum absolute atomic E-state index is 12.6. The first kappa shape index (κ1) is 28.0. The highest BCUT2D eigenvalue weighted by atomic mass is 16.5. The van der Waals surface area contributed by atoms with Crippen LogP contribution in [0.3, 0.4) is 0 Å². The van der Waals surface area contributed by atoms with Gasteiger partial charge in [0.1, 0.15) is 12.6 Å². The Morgan fingerprint density at radius 3 is 2.26 bits per heavy atom. The van der Waals surface area contributed by atoms with Crippen molar-refractivity contribution in [3.8, 4) is 11.3 Å². The number of benzene rings is 2. The van der Waals surface area contributed by atoms with Crippen LogP contribution in [0.1, 0.15) is 25.0 Å². The maximum atomic E-state index is 12.6. The van der Waals surface area contributed by atoms with Gasteiger partial charge < -0.3 is 20.7 Å². The molecule has 1 heterocycles. The summed E-state index contributed by atoms with van der Waals surface area (Å²) in [6.45, 7) is 3.11. The number of carbonyl (C=O) groups is 4. The van der Waals surface area contributed by atoms with Crippen LogP contribution in [0.15, 0.2) is 79.0 Å². The number of rotatable bonds is 12. The number of amides is 3. The van der Waals surface area contributed by atoms with Gasteiger partial charge >= 0.3 is 6.09 Å². The van der Waals surface area contributed by atoms with Crippen molar-refractivity contribution in [1.82, 2.24) is 20.9 Å². The lowest BCUT2D eigenvalue weighted by atomic mass is 10.0. The van der Waals surface area contributed by atoms with Gasteiger partial charge in [-0.05, 0) is 35.2 Å². The van der Waals surface area contributed by atoms with Gasteiger partial charge in [-0.3, -0.25) is 19.4 Å². The number of carbonyl (C=O) groups excluding carboxylic acids is 4. The number of nitrogens with one attached hydrogen (secondary N) is 3. The van der Waals surface area contributed by atoms with Gasteiger partial charge in [0.15, 0.2) is 5.78 Å². The summed E-state index contributed by atoms with van der Waals surface area (Å²) in [5.41, 5.74) is 3.31. The number of ether oxygens (including phenoxy) is 1. The molecule has 3 aromatic rings. The van der Waals surface area contributed by atoms with Gasteiger partial charge in [-0.1, -0.05) is 68.4 Å². The lowest BCUT2D eigenvalue weighted by molar-refractivity contribution is -0.127. The Labute approximate surface area is 222 Å². The third kappa shape index (κ3) is 9.16. The zero-order valence-electron chi connectivity index (χ0n) is 21.5. The molecule has 0 aliphatic rings. The van der Waals surface area contributed by atoms with Crippen molar-refractivity contribution in [3.05, 3.63) is 90.1 Å². The fourth-order valence-electron chi connectivity index (χ4n) is 3.60. The quantitative estimate of drug-likeness (QED) is 0.340. The van der Waals surface area contributed by atoms with Crippen LogP contribution in [0.25, 0.3) is 11.3 Å².